The Morgan fingerprint density at radius 3 is 2.48 bits per heavy atom. The van der Waals surface area contributed by atoms with Crippen molar-refractivity contribution in [1.82, 2.24) is 4.90 Å². The molecule has 1 aliphatic carbocycles. The molecule has 31 heavy (non-hydrogen) atoms. The molecule has 1 saturated carbocycles. The summed E-state index contributed by atoms with van der Waals surface area (Å²) in [7, 11) is 4.49. The van der Waals surface area contributed by atoms with Gasteiger partial charge in [-0.2, -0.15) is 4.99 Å². The molecule has 2 heterocycles. The number of esters is 1. The minimum Gasteiger partial charge on any atom is -0.493 e. The molecule has 4 rings (SSSR count). The summed E-state index contributed by atoms with van der Waals surface area (Å²) in [6, 6.07) is 3.18. The minimum absolute atomic E-state index is 0.103. The number of aliphatic imine (C=N–C) groups is 2. The van der Waals surface area contributed by atoms with Crippen LogP contribution in [0, 0.1) is 5.92 Å². The van der Waals surface area contributed by atoms with E-state index in [1.807, 2.05) is 11.0 Å². The number of thioether (sulfide) groups is 1. The summed E-state index contributed by atoms with van der Waals surface area (Å²) >= 11 is 1.26. The number of benzene rings is 1. The zero-order valence-corrected chi connectivity index (χ0v) is 18.9. The van der Waals surface area contributed by atoms with Gasteiger partial charge in [-0.1, -0.05) is 43.9 Å². The number of carbonyl (C=O) groups is 2. The molecule has 0 N–H and O–H groups in total. The molecule has 0 bridgehead atoms. The highest BCUT2D eigenvalue weighted by atomic mass is 32.2. The molecule has 1 aromatic rings. The average Bonchev–Trinajstić information content (AvgIpc) is 3.13. The van der Waals surface area contributed by atoms with Crippen LogP contribution in [0.4, 0.5) is 5.69 Å². The summed E-state index contributed by atoms with van der Waals surface area (Å²) in [4.78, 5) is 35.9. The Labute approximate surface area is 186 Å². The van der Waals surface area contributed by atoms with E-state index in [2.05, 4.69) is 4.99 Å². The molecule has 1 fully saturated rings. The maximum absolute atomic E-state index is 13.0. The first kappa shape index (κ1) is 21.7. The first-order valence-electron chi connectivity index (χ1n) is 10.5. The molecule has 0 radical (unpaired) electrons. The van der Waals surface area contributed by atoms with Gasteiger partial charge < -0.3 is 14.2 Å². The van der Waals surface area contributed by atoms with E-state index < -0.39 is 6.04 Å². The fourth-order valence-electron chi connectivity index (χ4n) is 4.43. The number of nitrogens with zero attached hydrogens (tertiary/aromatic N) is 3. The van der Waals surface area contributed by atoms with Gasteiger partial charge in [0.15, 0.2) is 16.7 Å². The van der Waals surface area contributed by atoms with E-state index in [0.717, 1.165) is 24.8 Å². The Balaban J connectivity index is 1.72. The third-order valence-electron chi connectivity index (χ3n) is 6.03. The second-order valence-corrected chi connectivity index (χ2v) is 8.83. The average molecular weight is 446 g/mol. The summed E-state index contributed by atoms with van der Waals surface area (Å²) < 4.78 is 15.7. The molecule has 8 nitrogen and oxygen atoms in total. The lowest BCUT2D eigenvalue weighted by molar-refractivity contribution is -0.137. The van der Waals surface area contributed by atoms with Gasteiger partial charge in [-0.3, -0.25) is 14.5 Å². The SMILES string of the molecule is COC(=O)CSC1=Nc2cc(OC)c(OC)cc2C2=NC(=O)C(CC3CCCCC3)N12. The van der Waals surface area contributed by atoms with Crippen LogP contribution in [0.25, 0.3) is 0 Å². The van der Waals surface area contributed by atoms with Crippen molar-refractivity contribution in [3.63, 3.8) is 0 Å². The van der Waals surface area contributed by atoms with E-state index >= 15 is 0 Å². The smallest absolute Gasteiger partial charge is 0.316 e. The van der Waals surface area contributed by atoms with E-state index in [9.17, 15) is 9.59 Å². The third-order valence-corrected chi connectivity index (χ3v) is 6.96. The van der Waals surface area contributed by atoms with Gasteiger partial charge in [-0.15, -0.1) is 0 Å². The standard InChI is InChI=1S/C22H27N3O5S/c1-28-17-10-14-15(11-18(17)29-2)23-22(31-12-19(26)30-3)25-16(21(27)24-20(14)25)9-13-7-5-4-6-8-13/h10-11,13,16H,4-9,12H2,1-3H3. The number of hydrogen-bond donors (Lipinski definition) is 0. The molecule has 1 unspecified atom stereocenters. The van der Waals surface area contributed by atoms with Gasteiger partial charge in [0.1, 0.15) is 11.9 Å². The fraction of sp³-hybridized carbons (Fsp3) is 0.545. The largest absolute Gasteiger partial charge is 0.493 e. The summed E-state index contributed by atoms with van der Waals surface area (Å²) in [6.07, 6.45) is 6.69. The highest BCUT2D eigenvalue weighted by Gasteiger charge is 2.43. The van der Waals surface area contributed by atoms with Crippen molar-refractivity contribution in [1.29, 1.82) is 0 Å². The molecule has 1 amide bonds. The molecule has 1 atom stereocenters. The zero-order valence-electron chi connectivity index (χ0n) is 18.1. The van der Waals surface area contributed by atoms with Crippen LogP contribution in [0.3, 0.4) is 0 Å². The van der Waals surface area contributed by atoms with E-state index in [4.69, 9.17) is 19.2 Å². The molecule has 166 valence electrons. The van der Waals surface area contributed by atoms with E-state index in [1.165, 1.54) is 38.1 Å². The molecular formula is C22H27N3O5S. The molecule has 1 aromatic carbocycles. The van der Waals surface area contributed by atoms with Gasteiger partial charge in [0.05, 0.1) is 32.8 Å². The molecule has 9 heteroatoms. The van der Waals surface area contributed by atoms with Crippen LogP contribution in [0.15, 0.2) is 22.1 Å². The molecule has 3 aliphatic rings. The molecule has 0 spiro atoms. The van der Waals surface area contributed by atoms with Crippen LogP contribution >= 0.6 is 11.8 Å². The Kier molecular flexibility index (Phi) is 6.50. The lowest BCUT2D eigenvalue weighted by Gasteiger charge is -2.33. The Hall–Kier alpha value is -2.55. The predicted octanol–water partition coefficient (Wildman–Crippen LogP) is 3.54. The number of methoxy groups -OCH3 is 3. The number of amidine groups is 2. The van der Waals surface area contributed by atoms with Crippen molar-refractivity contribution in [3.05, 3.63) is 17.7 Å². The van der Waals surface area contributed by atoms with Gasteiger partial charge >= 0.3 is 5.97 Å². The number of carbonyl (C=O) groups excluding carboxylic acids is 2. The number of amides is 1. The normalized spacial score (nSPS) is 20.5. The van der Waals surface area contributed by atoms with Gasteiger partial charge in [0.2, 0.25) is 0 Å². The van der Waals surface area contributed by atoms with Crippen LogP contribution in [-0.2, 0) is 14.3 Å². The predicted molar refractivity (Wildman–Crippen MR) is 119 cm³/mol. The topological polar surface area (TPSA) is 89.8 Å². The summed E-state index contributed by atoms with van der Waals surface area (Å²) in [5.74, 6) is 1.74. The van der Waals surface area contributed by atoms with Crippen molar-refractivity contribution >= 4 is 40.3 Å². The highest BCUT2D eigenvalue weighted by molar-refractivity contribution is 8.14. The van der Waals surface area contributed by atoms with Crippen LogP contribution in [0.2, 0.25) is 0 Å². The number of hydrogen-bond acceptors (Lipinski definition) is 8. The van der Waals surface area contributed by atoms with Gasteiger partial charge in [-0.05, 0) is 18.4 Å². The van der Waals surface area contributed by atoms with Crippen LogP contribution < -0.4 is 9.47 Å². The maximum atomic E-state index is 13.0. The first-order valence-corrected chi connectivity index (χ1v) is 11.5. The fourth-order valence-corrected chi connectivity index (χ4v) is 5.31. The number of rotatable bonds is 6. The van der Waals surface area contributed by atoms with E-state index in [0.29, 0.717) is 34.1 Å². The van der Waals surface area contributed by atoms with Gasteiger partial charge in [-0.25, -0.2) is 4.99 Å². The summed E-state index contributed by atoms with van der Waals surface area (Å²) in [5.41, 5.74) is 1.35. The first-order chi connectivity index (χ1) is 15.0. The second-order valence-electron chi connectivity index (χ2n) is 7.88. The Morgan fingerprint density at radius 2 is 1.81 bits per heavy atom. The van der Waals surface area contributed by atoms with E-state index in [1.54, 1.807) is 20.3 Å². The van der Waals surface area contributed by atoms with Crippen molar-refractivity contribution in [2.45, 2.75) is 44.6 Å². The summed E-state index contributed by atoms with van der Waals surface area (Å²) in [6.45, 7) is 0. The van der Waals surface area contributed by atoms with Crippen LogP contribution in [0.1, 0.15) is 44.1 Å². The molecule has 2 aliphatic heterocycles. The van der Waals surface area contributed by atoms with Crippen LogP contribution in [-0.4, -0.2) is 60.9 Å². The lowest BCUT2D eigenvalue weighted by atomic mass is 9.84. The Bertz CT molecular complexity index is 939. The monoisotopic (exact) mass is 445 g/mol. The molecular weight excluding hydrogens is 418 g/mol. The third kappa shape index (κ3) is 4.28. The molecule has 0 aromatic heterocycles. The second kappa shape index (κ2) is 9.30. The van der Waals surface area contributed by atoms with Gasteiger partial charge in [0.25, 0.3) is 5.91 Å². The highest BCUT2D eigenvalue weighted by Crippen LogP contribution is 2.42. The summed E-state index contributed by atoms with van der Waals surface area (Å²) in [5, 5.41) is 0.579. The van der Waals surface area contributed by atoms with Crippen molar-refractivity contribution in [2.24, 2.45) is 15.9 Å². The van der Waals surface area contributed by atoms with Gasteiger partial charge in [0, 0.05) is 11.6 Å². The maximum Gasteiger partial charge on any atom is 0.316 e. The quantitative estimate of drug-likeness (QED) is 0.619. The minimum atomic E-state index is -0.400. The van der Waals surface area contributed by atoms with Crippen LogP contribution in [0.5, 0.6) is 11.5 Å². The van der Waals surface area contributed by atoms with Crippen molar-refractivity contribution in [3.8, 4) is 11.5 Å². The zero-order chi connectivity index (χ0) is 22.0. The Morgan fingerprint density at radius 1 is 1.10 bits per heavy atom. The van der Waals surface area contributed by atoms with Crippen molar-refractivity contribution in [2.75, 3.05) is 27.1 Å². The lowest BCUT2D eigenvalue weighted by Crippen LogP contribution is -2.44. The van der Waals surface area contributed by atoms with Crippen molar-refractivity contribution < 1.29 is 23.8 Å². The number of fused-ring (bicyclic) bond motifs is 3. The van der Waals surface area contributed by atoms with E-state index in [-0.39, 0.29) is 17.6 Å². The molecule has 0 saturated heterocycles. The number of ether oxygens (including phenoxy) is 3.